The first-order chi connectivity index (χ1) is 11.3. The number of amides is 2. The molecule has 2 rings (SSSR count). The lowest BCUT2D eigenvalue weighted by Crippen LogP contribution is -2.48. The van der Waals surface area contributed by atoms with Gasteiger partial charge in [0, 0.05) is 32.8 Å². The maximum Gasteiger partial charge on any atom is 0.316 e. The van der Waals surface area contributed by atoms with Crippen molar-refractivity contribution in [1.29, 1.82) is 0 Å². The number of piperidine rings is 1. The van der Waals surface area contributed by atoms with E-state index in [-0.39, 0.29) is 18.8 Å². The zero-order valence-corrected chi connectivity index (χ0v) is 13.8. The van der Waals surface area contributed by atoms with Gasteiger partial charge in [-0.25, -0.2) is 4.79 Å². The van der Waals surface area contributed by atoms with E-state index in [0.717, 1.165) is 32.5 Å². The van der Waals surface area contributed by atoms with E-state index in [1.54, 1.807) is 7.11 Å². The molecular formula is C17H27N3O3. The maximum absolute atomic E-state index is 11.8. The minimum atomic E-state index is -0.163. The van der Waals surface area contributed by atoms with E-state index in [1.165, 1.54) is 5.56 Å². The van der Waals surface area contributed by atoms with Gasteiger partial charge in [-0.15, -0.1) is 0 Å². The standard InChI is InChI=1S/C17H27N3O3/c1-22-11-12-23-14-18-17(21)19-16-7-9-20(10-8-16)13-15-5-3-2-4-6-15/h2-6,16H,7-14H2,1H3,(H2,18,19,21). The Balaban J connectivity index is 1.58. The van der Waals surface area contributed by atoms with Crippen molar-refractivity contribution in [2.75, 3.05) is 40.1 Å². The SMILES string of the molecule is COCCOCNC(=O)NC1CCN(Cc2ccccc2)CC1. The van der Waals surface area contributed by atoms with Gasteiger partial charge in [-0.05, 0) is 18.4 Å². The van der Waals surface area contributed by atoms with Crippen LogP contribution in [0.4, 0.5) is 4.79 Å². The smallest absolute Gasteiger partial charge is 0.316 e. The highest BCUT2D eigenvalue weighted by atomic mass is 16.5. The van der Waals surface area contributed by atoms with Gasteiger partial charge in [0.1, 0.15) is 6.73 Å². The Morgan fingerprint density at radius 1 is 1.22 bits per heavy atom. The molecule has 0 bridgehead atoms. The Bertz CT molecular complexity index is 448. The largest absolute Gasteiger partial charge is 0.382 e. The molecule has 2 N–H and O–H groups in total. The third-order valence-electron chi connectivity index (χ3n) is 3.94. The molecule has 0 aliphatic carbocycles. The summed E-state index contributed by atoms with van der Waals surface area (Å²) in [7, 11) is 1.62. The van der Waals surface area contributed by atoms with Gasteiger partial charge in [-0.1, -0.05) is 30.3 Å². The van der Waals surface area contributed by atoms with Crippen LogP contribution in [0.1, 0.15) is 18.4 Å². The average molecular weight is 321 g/mol. The quantitative estimate of drug-likeness (QED) is 0.563. The number of benzene rings is 1. The molecule has 128 valence electrons. The Morgan fingerprint density at radius 2 is 1.96 bits per heavy atom. The van der Waals surface area contributed by atoms with Crippen LogP contribution >= 0.6 is 0 Å². The van der Waals surface area contributed by atoms with E-state index in [2.05, 4.69) is 39.8 Å². The van der Waals surface area contributed by atoms with Crippen molar-refractivity contribution >= 4 is 6.03 Å². The van der Waals surface area contributed by atoms with Gasteiger partial charge >= 0.3 is 6.03 Å². The highest BCUT2D eigenvalue weighted by Crippen LogP contribution is 2.13. The average Bonchev–Trinajstić information content (AvgIpc) is 2.57. The van der Waals surface area contributed by atoms with Crippen LogP contribution in [0.2, 0.25) is 0 Å². The van der Waals surface area contributed by atoms with Crippen molar-refractivity contribution < 1.29 is 14.3 Å². The molecule has 0 aromatic heterocycles. The van der Waals surface area contributed by atoms with E-state index in [1.807, 2.05) is 6.07 Å². The molecule has 1 fully saturated rings. The lowest BCUT2D eigenvalue weighted by Gasteiger charge is -2.32. The van der Waals surface area contributed by atoms with Gasteiger partial charge in [0.05, 0.1) is 13.2 Å². The second kappa shape index (κ2) is 10.2. The third-order valence-corrected chi connectivity index (χ3v) is 3.94. The van der Waals surface area contributed by atoms with E-state index < -0.39 is 0 Å². The minimum Gasteiger partial charge on any atom is -0.382 e. The Kier molecular flexibility index (Phi) is 7.86. The van der Waals surface area contributed by atoms with E-state index in [4.69, 9.17) is 9.47 Å². The van der Waals surface area contributed by atoms with Crippen molar-refractivity contribution in [3.8, 4) is 0 Å². The molecule has 2 amide bonds. The van der Waals surface area contributed by atoms with Gasteiger partial charge in [0.2, 0.25) is 0 Å². The number of nitrogens with one attached hydrogen (secondary N) is 2. The molecule has 0 saturated carbocycles. The molecule has 0 unspecified atom stereocenters. The summed E-state index contributed by atoms with van der Waals surface area (Å²) >= 11 is 0. The van der Waals surface area contributed by atoms with E-state index >= 15 is 0 Å². The fourth-order valence-corrected chi connectivity index (χ4v) is 2.64. The molecule has 6 heteroatoms. The molecule has 6 nitrogen and oxygen atoms in total. The highest BCUT2D eigenvalue weighted by Gasteiger charge is 2.20. The fraction of sp³-hybridized carbons (Fsp3) is 0.588. The third kappa shape index (κ3) is 6.99. The number of urea groups is 1. The van der Waals surface area contributed by atoms with Crippen LogP contribution in [0, 0.1) is 0 Å². The van der Waals surface area contributed by atoms with Crippen molar-refractivity contribution in [2.45, 2.75) is 25.4 Å². The predicted molar refractivity (Wildman–Crippen MR) is 89.1 cm³/mol. The van der Waals surface area contributed by atoms with Crippen LogP contribution in [0.3, 0.4) is 0 Å². The number of carbonyl (C=O) groups is 1. The zero-order valence-electron chi connectivity index (χ0n) is 13.8. The molecule has 23 heavy (non-hydrogen) atoms. The first kappa shape index (κ1) is 17.7. The second-order valence-electron chi connectivity index (χ2n) is 5.73. The summed E-state index contributed by atoms with van der Waals surface area (Å²) in [5.41, 5.74) is 1.34. The Labute approximate surface area is 138 Å². The Hall–Kier alpha value is -1.63. The first-order valence-corrected chi connectivity index (χ1v) is 8.15. The second-order valence-corrected chi connectivity index (χ2v) is 5.73. The molecule has 1 aromatic rings. The summed E-state index contributed by atoms with van der Waals surface area (Å²) in [5, 5.41) is 5.70. The number of likely N-dealkylation sites (tertiary alicyclic amines) is 1. The highest BCUT2D eigenvalue weighted by molar-refractivity contribution is 5.74. The molecule has 1 saturated heterocycles. The molecule has 0 radical (unpaired) electrons. The van der Waals surface area contributed by atoms with Crippen LogP contribution in [0.25, 0.3) is 0 Å². The van der Waals surface area contributed by atoms with Crippen LogP contribution in [0.5, 0.6) is 0 Å². The lowest BCUT2D eigenvalue weighted by atomic mass is 10.0. The summed E-state index contributed by atoms with van der Waals surface area (Å²) < 4.78 is 10.1. The summed E-state index contributed by atoms with van der Waals surface area (Å²) in [6.45, 7) is 4.21. The molecule has 0 atom stereocenters. The molecule has 1 aromatic carbocycles. The maximum atomic E-state index is 11.8. The van der Waals surface area contributed by atoms with Crippen LogP contribution < -0.4 is 10.6 Å². The van der Waals surface area contributed by atoms with Gasteiger partial charge in [0.15, 0.2) is 0 Å². The van der Waals surface area contributed by atoms with Gasteiger partial charge in [-0.2, -0.15) is 0 Å². The number of hydrogen-bond donors (Lipinski definition) is 2. The van der Waals surface area contributed by atoms with E-state index in [9.17, 15) is 4.79 Å². The summed E-state index contributed by atoms with van der Waals surface area (Å²) in [4.78, 5) is 14.2. The Morgan fingerprint density at radius 3 is 2.65 bits per heavy atom. The lowest BCUT2D eigenvalue weighted by molar-refractivity contribution is 0.0638. The number of ether oxygens (including phenoxy) is 2. The van der Waals surface area contributed by atoms with Gasteiger partial charge in [-0.3, -0.25) is 4.90 Å². The van der Waals surface area contributed by atoms with Crippen molar-refractivity contribution in [2.24, 2.45) is 0 Å². The number of nitrogens with zero attached hydrogens (tertiary/aromatic N) is 1. The van der Waals surface area contributed by atoms with Crippen molar-refractivity contribution in [1.82, 2.24) is 15.5 Å². The fourth-order valence-electron chi connectivity index (χ4n) is 2.64. The first-order valence-electron chi connectivity index (χ1n) is 8.15. The van der Waals surface area contributed by atoms with Crippen LogP contribution in [-0.2, 0) is 16.0 Å². The molecular weight excluding hydrogens is 294 g/mol. The van der Waals surface area contributed by atoms with Crippen molar-refractivity contribution in [3.63, 3.8) is 0 Å². The predicted octanol–water partition coefficient (Wildman–Crippen LogP) is 1.57. The molecule has 1 aliphatic heterocycles. The van der Waals surface area contributed by atoms with Crippen molar-refractivity contribution in [3.05, 3.63) is 35.9 Å². The zero-order chi connectivity index (χ0) is 16.3. The minimum absolute atomic E-state index is 0.163. The summed E-state index contributed by atoms with van der Waals surface area (Å²) in [6.07, 6.45) is 1.95. The topological polar surface area (TPSA) is 62.8 Å². The number of carbonyl (C=O) groups excluding carboxylic acids is 1. The summed E-state index contributed by atoms with van der Waals surface area (Å²) in [6, 6.07) is 10.6. The van der Waals surface area contributed by atoms with Gasteiger partial charge < -0.3 is 20.1 Å². The van der Waals surface area contributed by atoms with Gasteiger partial charge in [0.25, 0.3) is 0 Å². The number of methoxy groups -OCH3 is 1. The van der Waals surface area contributed by atoms with E-state index in [0.29, 0.717) is 13.2 Å². The molecule has 1 heterocycles. The molecule has 1 aliphatic rings. The van der Waals surface area contributed by atoms with Crippen LogP contribution in [0.15, 0.2) is 30.3 Å². The monoisotopic (exact) mass is 321 g/mol. The number of rotatable bonds is 8. The number of hydrogen-bond acceptors (Lipinski definition) is 4. The normalized spacial score (nSPS) is 16.2. The van der Waals surface area contributed by atoms with Crippen LogP contribution in [-0.4, -0.2) is 57.1 Å². The molecule has 0 spiro atoms. The summed E-state index contributed by atoms with van der Waals surface area (Å²) in [5.74, 6) is 0.